The van der Waals surface area contributed by atoms with Crippen molar-refractivity contribution in [1.29, 1.82) is 0 Å². The fourth-order valence-electron chi connectivity index (χ4n) is 1.69. The molecule has 1 heterocycles. The van der Waals surface area contributed by atoms with E-state index in [-0.39, 0.29) is 18.6 Å². The fourth-order valence-corrected chi connectivity index (χ4v) is 1.69. The monoisotopic (exact) mass is 221 g/mol. The van der Waals surface area contributed by atoms with Gasteiger partial charge < -0.3 is 9.64 Å². The highest BCUT2D eigenvalue weighted by Gasteiger charge is 2.26. The maximum absolute atomic E-state index is 11.6. The van der Waals surface area contributed by atoms with Crippen molar-refractivity contribution >= 4 is 11.6 Å². The minimum absolute atomic E-state index is 0.0266. The third-order valence-electron chi connectivity index (χ3n) is 2.26. The summed E-state index contributed by atoms with van der Waals surface area (Å²) < 4.78 is 5.32. The van der Waals surface area contributed by atoms with Crippen LogP contribution in [0.25, 0.3) is 0 Å². The van der Waals surface area contributed by atoms with Gasteiger partial charge in [-0.25, -0.2) is 0 Å². The lowest BCUT2D eigenvalue weighted by molar-refractivity contribution is -0.121. The molecular weight excluding hydrogens is 202 g/mol. The molecule has 0 fully saturated rings. The van der Waals surface area contributed by atoms with Crippen molar-refractivity contribution in [3.8, 4) is 5.75 Å². The van der Waals surface area contributed by atoms with Gasteiger partial charge in [-0.1, -0.05) is 26.0 Å². The highest BCUT2D eigenvalue weighted by molar-refractivity contribution is 5.98. The minimum atomic E-state index is 0.0266. The number of carbonyl (C=O) groups is 1. The summed E-state index contributed by atoms with van der Waals surface area (Å²) in [7, 11) is 0. The van der Waals surface area contributed by atoms with E-state index >= 15 is 0 Å². The van der Waals surface area contributed by atoms with Gasteiger partial charge in [0, 0.05) is 6.04 Å². The topological polar surface area (TPSA) is 29.5 Å². The summed E-state index contributed by atoms with van der Waals surface area (Å²) in [5.41, 5.74) is 0.874. The third-order valence-corrected chi connectivity index (χ3v) is 2.26. The summed E-state index contributed by atoms with van der Waals surface area (Å²) in [6, 6.07) is 7.79. The van der Waals surface area contributed by atoms with Crippen LogP contribution in [0.5, 0.6) is 5.75 Å². The van der Waals surface area contributed by atoms with E-state index in [0.29, 0.717) is 0 Å². The van der Waals surface area contributed by atoms with Gasteiger partial charge >= 0.3 is 0 Å². The summed E-state index contributed by atoms with van der Waals surface area (Å²) in [5, 5.41) is 0. The zero-order chi connectivity index (χ0) is 12.1. The lowest BCUT2D eigenvalue weighted by atomic mass is 10.2. The second-order valence-corrected chi connectivity index (χ2v) is 3.61. The Labute approximate surface area is 97.0 Å². The summed E-state index contributed by atoms with van der Waals surface area (Å²) in [6.45, 7) is 8.15. The molecule has 1 aliphatic rings. The standard InChI is InChI=1S/C11H13NO2.C2H6/c1-8(2)12-9-5-3-4-6-10(9)14-7-11(12)13;1-2/h3-6,8H,7H2,1-2H3;1-2H3. The van der Waals surface area contributed by atoms with Crippen LogP contribution in [0.2, 0.25) is 0 Å². The van der Waals surface area contributed by atoms with Gasteiger partial charge in [0.05, 0.1) is 5.69 Å². The first-order valence-corrected chi connectivity index (χ1v) is 5.74. The van der Waals surface area contributed by atoms with Gasteiger partial charge in [0.15, 0.2) is 6.61 Å². The van der Waals surface area contributed by atoms with Gasteiger partial charge in [-0.2, -0.15) is 0 Å². The van der Waals surface area contributed by atoms with E-state index in [1.165, 1.54) is 0 Å². The van der Waals surface area contributed by atoms with E-state index in [2.05, 4.69) is 0 Å². The number of hydrogen-bond donors (Lipinski definition) is 0. The normalized spacial score (nSPS) is 13.8. The highest BCUT2D eigenvalue weighted by atomic mass is 16.5. The molecule has 2 rings (SSSR count). The Balaban J connectivity index is 0.000000606. The largest absolute Gasteiger partial charge is 0.482 e. The van der Waals surface area contributed by atoms with Crippen molar-refractivity contribution in [3.63, 3.8) is 0 Å². The molecule has 0 atom stereocenters. The second kappa shape index (κ2) is 5.54. The van der Waals surface area contributed by atoms with Gasteiger partial charge in [0.25, 0.3) is 5.91 Å². The van der Waals surface area contributed by atoms with Gasteiger partial charge in [0.1, 0.15) is 5.75 Å². The number of anilines is 1. The van der Waals surface area contributed by atoms with Crippen LogP contribution in [-0.4, -0.2) is 18.6 Å². The Morgan fingerprint density at radius 1 is 1.25 bits per heavy atom. The van der Waals surface area contributed by atoms with E-state index in [0.717, 1.165) is 11.4 Å². The van der Waals surface area contributed by atoms with Crippen LogP contribution in [-0.2, 0) is 4.79 Å². The molecular formula is C13H19NO2. The van der Waals surface area contributed by atoms with E-state index < -0.39 is 0 Å². The number of para-hydroxylation sites is 2. The average Bonchev–Trinajstić information content (AvgIpc) is 2.31. The number of amides is 1. The first-order valence-electron chi connectivity index (χ1n) is 5.74. The van der Waals surface area contributed by atoms with Gasteiger partial charge in [-0.15, -0.1) is 0 Å². The van der Waals surface area contributed by atoms with E-state index in [4.69, 9.17) is 4.74 Å². The first kappa shape index (κ1) is 12.6. The quantitative estimate of drug-likeness (QED) is 0.729. The predicted octanol–water partition coefficient (Wildman–Crippen LogP) is 2.85. The van der Waals surface area contributed by atoms with Gasteiger partial charge in [0.2, 0.25) is 0 Å². The zero-order valence-electron chi connectivity index (χ0n) is 10.4. The molecule has 0 radical (unpaired) electrons. The first-order chi connectivity index (χ1) is 7.70. The van der Waals surface area contributed by atoms with Crippen LogP contribution in [0.15, 0.2) is 24.3 Å². The molecule has 16 heavy (non-hydrogen) atoms. The Morgan fingerprint density at radius 2 is 1.88 bits per heavy atom. The van der Waals surface area contributed by atoms with Crippen molar-refractivity contribution in [2.24, 2.45) is 0 Å². The Kier molecular flexibility index (Phi) is 4.35. The number of hydrogen-bond acceptors (Lipinski definition) is 2. The van der Waals surface area contributed by atoms with E-state index in [9.17, 15) is 4.79 Å². The smallest absolute Gasteiger partial charge is 0.265 e. The molecule has 88 valence electrons. The summed E-state index contributed by atoms with van der Waals surface area (Å²) in [5.74, 6) is 0.819. The van der Waals surface area contributed by atoms with Crippen molar-refractivity contribution in [2.45, 2.75) is 33.7 Å². The van der Waals surface area contributed by atoms with E-state index in [1.54, 1.807) is 4.90 Å². The maximum Gasteiger partial charge on any atom is 0.265 e. The van der Waals surface area contributed by atoms with Crippen molar-refractivity contribution < 1.29 is 9.53 Å². The van der Waals surface area contributed by atoms with Crippen molar-refractivity contribution in [3.05, 3.63) is 24.3 Å². The second-order valence-electron chi connectivity index (χ2n) is 3.61. The molecule has 0 aromatic heterocycles. The SMILES string of the molecule is CC.CC(C)N1C(=O)COc2ccccc21. The van der Waals surface area contributed by atoms with Crippen LogP contribution in [0.3, 0.4) is 0 Å². The molecule has 0 saturated heterocycles. The Hall–Kier alpha value is -1.51. The van der Waals surface area contributed by atoms with Crippen LogP contribution in [0.1, 0.15) is 27.7 Å². The number of ether oxygens (including phenoxy) is 1. The van der Waals surface area contributed by atoms with E-state index in [1.807, 2.05) is 52.0 Å². The van der Waals surface area contributed by atoms with Crippen molar-refractivity contribution in [2.75, 3.05) is 11.5 Å². The maximum atomic E-state index is 11.6. The molecule has 1 aliphatic heterocycles. The van der Waals surface area contributed by atoms with Crippen molar-refractivity contribution in [1.82, 2.24) is 0 Å². The van der Waals surface area contributed by atoms with Crippen LogP contribution < -0.4 is 9.64 Å². The fraction of sp³-hybridized carbons (Fsp3) is 0.462. The summed E-state index contributed by atoms with van der Waals surface area (Å²) in [4.78, 5) is 13.4. The summed E-state index contributed by atoms with van der Waals surface area (Å²) in [6.07, 6.45) is 0. The highest BCUT2D eigenvalue weighted by Crippen LogP contribution is 2.32. The molecule has 0 bridgehead atoms. The molecule has 0 saturated carbocycles. The lowest BCUT2D eigenvalue weighted by Gasteiger charge is -2.32. The van der Waals surface area contributed by atoms with Gasteiger partial charge in [-0.05, 0) is 26.0 Å². The number of carbonyl (C=O) groups excluding carboxylic acids is 1. The number of fused-ring (bicyclic) bond motifs is 1. The predicted molar refractivity (Wildman–Crippen MR) is 65.9 cm³/mol. The minimum Gasteiger partial charge on any atom is -0.482 e. The average molecular weight is 221 g/mol. The molecule has 0 unspecified atom stereocenters. The molecule has 1 amide bonds. The Morgan fingerprint density at radius 3 is 2.50 bits per heavy atom. The molecule has 3 nitrogen and oxygen atoms in total. The number of nitrogens with zero attached hydrogens (tertiary/aromatic N) is 1. The molecule has 0 aliphatic carbocycles. The summed E-state index contributed by atoms with van der Waals surface area (Å²) >= 11 is 0. The lowest BCUT2D eigenvalue weighted by Crippen LogP contribution is -2.43. The molecule has 0 spiro atoms. The molecule has 0 N–H and O–H groups in total. The zero-order valence-corrected chi connectivity index (χ0v) is 10.4. The number of rotatable bonds is 1. The molecule has 1 aromatic carbocycles. The molecule has 3 heteroatoms. The Bertz CT molecular complexity index is 361. The van der Waals surface area contributed by atoms with Gasteiger partial charge in [-0.3, -0.25) is 4.79 Å². The third kappa shape index (κ3) is 2.35. The van der Waals surface area contributed by atoms with Crippen LogP contribution in [0.4, 0.5) is 5.69 Å². The number of benzene rings is 1. The molecule has 1 aromatic rings. The van der Waals surface area contributed by atoms with Crippen LogP contribution >= 0.6 is 0 Å². The van der Waals surface area contributed by atoms with Crippen LogP contribution in [0, 0.1) is 0 Å².